The molecule has 2 amide bonds. The maximum Gasteiger partial charge on any atom is 0.416 e. The molecular formula is C36H34Cl2F3N3O4S. The molecule has 1 fully saturated rings. The van der Waals surface area contributed by atoms with E-state index in [0.717, 1.165) is 43.4 Å². The van der Waals surface area contributed by atoms with Crippen LogP contribution in [-0.4, -0.2) is 43.8 Å². The molecule has 7 nitrogen and oxygen atoms in total. The van der Waals surface area contributed by atoms with Gasteiger partial charge in [0.25, 0.3) is 10.0 Å². The molecule has 1 aliphatic carbocycles. The van der Waals surface area contributed by atoms with Gasteiger partial charge in [0.05, 0.1) is 26.2 Å². The van der Waals surface area contributed by atoms with Crippen molar-refractivity contribution in [2.24, 2.45) is 0 Å². The second-order valence-electron chi connectivity index (χ2n) is 11.8. The van der Waals surface area contributed by atoms with E-state index in [4.69, 9.17) is 23.2 Å². The number of hydrogen-bond acceptors (Lipinski definition) is 4. The molecule has 49 heavy (non-hydrogen) atoms. The summed E-state index contributed by atoms with van der Waals surface area (Å²) in [6.07, 6.45) is -1.23. The second kappa shape index (κ2) is 15.7. The zero-order valence-electron chi connectivity index (χ0n) is 26.2. The average Bonchev–Trinajstić information content (AvgIpc) is 3.60. The number of amides is 2. The first-order valence-electron chi connectivity index (χ1n) is 15.7. The van der Waals surface area contributed by atoms with Gasteiger partial charge in [-0.15, -0.1) is 0 Å². The first-order chi connectivity index (χ1) is 23.3. The molecule has 0 bridgehead atoms. The number of nitrogens with one attached hydrogen (secondary N) is 1. The summed E-state index contributed by atoms with van der Waals surface area (Å²) in [5, 5.41) is 3.55. The van der Waals surface area contributed by atoms with Crippen LogP contribution in [0.2, 0.25) is 10.0 Å². The number of carbonyl (C=O) groups is 2. The third-order valence-corrected chi connectivity index (χ3v) is 10.9. The van der Waals surface area contributed by atoms with Gasteiger partial charge in [0.15, 0.2) is 0 Å². The third-order valence-electron chi connectivity index (χ3n) is 8.38. The Labute approximate surface area is 293 Å². The molecule has 1 saturated carbocycles. The first kappa shape index (κ1) is 36.2. The molecular weight excluding hydrogens is 698 g/mol. The molecule has 1 unspecified atom stereocenters. The number of benzene rings is 4. The minimum atomic E-state index is -4.78. The van der Waals surface area contributed by atoms with E-state index in [1.165, 1.54) is 35.2 Å². The van der Waals surface area contributed by atoms with E-state index in [0.29, 0.717) is 15.9 Å². The van der Waals surface area contributed by atoms with Gasteiger partial charge in [0.1, 0.15) is 12.6 Å². The Hall–Kier alpha value is -4.06. The van der Waals surface area contributed by atoms with E-state index >= 15 is 0 Å². The van der Waals surface area contributed by atoms with Crippen LogP contribution in [0.1, 0.15) is 42.4 Å². The lowest BCUT2D eigenvalue weighted by Crippen LogP contribution is -2.54. The highest BCUT2D eigenvalue weighted by molar-refractivity contribution is 7.92. The minimum absolute atomic E-state index is 0.0848. The Morgan fingerprint density at radius 1 is 0.816 bits per heavy atom. The predicted octanol–water partition coefficient (Wildman–Crippen LogP) is 7.91. The van der Waals surface area contributed by atoms with Crippen molar-refractivity contribution >= 4 is 50.7 Å². The van der Waals surface area contributed by atoms with Crippen LogP contribution in [0.5, 0.6) is 0 Å². The number of halogens is 5. The molecule has 0 saturated heterocycles. The molecule has 0 heterocycles. The van der Waals surface area contributed by atoms with Crippen molar-refractivity contribution in [1.29, 1.82) is 0 Å². The fourth-order valence-electron chi connectivity index (χ4n) is 5.84. The molecule has 1 atom stereocenters. The van der Waals surface area contributed by atoms with Crippen LogP contribution in [-0.2, 0) is 38.8 Å². The van der Waals surface area contributed by atoms with Crippen LogP contribution in [0, 0.1) is 0 Å². The monoisotopic (exact) mass is 731 g/mol. The standard InChI is InChI=1S/C36H34Cl2F3N3O4S/c37-31-19-18-26(20-32(31)38)23-43(33(21-25-10-3-1-4-11-25)35(46)42-28-13-7-8-14-28)34(45)24-44(49(47,48)30-16-5-2-6-17-30)29-15-9-12-27(22-29)36(39,40)41/h1-6,9-12,15-20,22,28,33H,7-8,13-14,21,23-24H2,(H,42,46). The zero-order valence-corrected chi connectivity index (χ0v) is 28.6. The summed E-state index contributed by atoms with van der Waals surface area (Å²) in [7, 11) is -4.57. The summed E-state index contributed by atoms with van der Waals surface area (Å²) in [6.45, 7) is -1.07. The SMILES string of the molecule is O=C(NC1CCCC1)C(Cc1ccccc1)N(Cc1ccc(Cl)c(Cl)c1)C(=O)CN(c1cccc(C(F)(F)F)c1)S(=O)(=O)c1ccccc1. The van der Waals surface area contributed by atoms with Crippen molar-refractivity contribution < 1.29 is 31.2 Å². The van der Waals surface area contributed by atoms with E-state index in [9.17, 15) is 31.2 Å². The van der Waals surface area contributed by atoms with Gasteiger partial charge in [0.2, 0.25) is 11.8 Å². The maximum absolute atomic E-state index is 14.6. The lowest BCUT2D eigenvalue weighted by atomic mass is 10.0. The van der Waals surface area contributed by atoms with Gasteiger partial charge in [-0.2, -0.15) is 13.2 Å². The van der Waals surface area contributed by atoms with Crippen LogP contribution >= 0.6 is 23.2 Å². The Morgan fingerprint density at radius 3 is 2.10 bits per heavy atom. The van der Waals surface area contributed by atoms with Crippen molar-refractivity contribution in [1.82, 2.24) is 10.2 Å². The number of sulfonamides is 1. The molecule has 0 spiro atoms. The molecule has 1 N–H and O–H groups in total. The highest BCUT2D eigenvalue weighted by Gasteiger charge is 2.37. The van der Waals surface area contributed by atoms with E-state index < -0.39 is 46.2 Å². The summed E-state index contributed by atoms with van der Waals surface area (Å²) < 4.78 is 70.2. The molecule has 0 aromatic heterocycles. The van der Waals surface area contributed by atoms with Crippen LogP contribution in [0.15, 0.2) is 108 Å². The zero-order chi connectivity index (χ0) is 35.2. The first-order valence-corrected chi connectivity index (χ1v) is 17.9. The highest BCUT2D eigenvalue weighted by Crippen LogP contribution is 2.34. The quantitative estimate of drug-likeness (QED) is 0.161. The third kappa shape index (κ3) is 9.14. The van der Waals surface area contributed by atoms with Gasteiger partial charge in [-0.25, -0.2) is 8.42 Å². The van der Waals surface area contributed by atoms with Gasteiger partial charge in [-0.05, 0) is 66.4 Å². The number of nitrogens with zero attached hydrogens (tertiary/aromatic N) is 2. The molecule has 0 radical (unpaired) electrons. The summed E-state index contributed by atoms with van der Waals surface area (Å²) >= 11 is 12.5. The van der Waals surface area contributed by atoms with E-state index in [2.05, 4.69) is 5.32 Å². The molecule has 258 valence electrons. The van der Waals surface area contributed by atoms with Crippen molar-refractivity contribution in [2.75, 3.05) is 10.8 Å². The Bertz CT molecular complexity index is 1870. The lowest BCUT2D eigenvalue weighted by molar-refractivity contribution is -0.140. The molecule has 13 heteroatoms. The van der Waals surface area contributed by atoms with Gasteiger partial charge < -0.3 is 10.2 Å². The summed E-state index contributed by atoms with van der Waals surface area (Å²) in [5.41, 5.74) is -0.202. The predicted molar refractivity (Wildman–Crippen MR) is 184 cm³/mol. The van der Waals surface area contributed by atoms with Gasteiger partial charge >= 0.3 is 6.18 Å². The van der Waals surface area contributed by atoms with Gasteiger partial charge in [0, 0.05) is 19.0 Å². The van der Waals surface area contributed by atoms with Crippen molar-refractivity contribution in [3.8, 4) is 0 Å². The number of carbonyl (C=O) groups excluding carboxylic acids is 2. The lowest BCUT2D eigenvalue weighted by Gasteiger charge is -2.34. The largest absolute Gasteiger partial charge is 0.416 e. The topological polar surface area (TPSA) is 86.8 Å². The molecule has 1 aliphatic rings. The molecule has 4 aromatic rings. The number of anilines is 1. The van der Waals surface area contributed by atoms with E-state index in [-0.39, 0.29) is 39.6 Å². The van der Waals surface area contributed by atoms with Crippen LogP contribution < -0.4 is 9.62 Å². The highest BCUT2D eigenvalue weighted by atomic mass is 35.5. The molecule has 5 rings (SSSR count). The Kier molecular flexibility index (Phi) is 11.6. The minimum Gasteiger partial charge on any atom is -0.352 e. The van der Waals surface area contributed by atoms with Gasteiger partial charge in [-0.3, -0.25) is 13.9 Å². The fourth-order valence-corrected chi connectivity index (χ4v) is 7.59. The normalized spacial score (nSPS) is 14.3. The molecule has 0 aliphatic heterocycles. The van der Waals surface area contributed by atoms with Crippen LogP contribution in [0.4, 0.5) is 18.9 Å². The van der Waals surface area contributed by atoms with Gasteiger partial charge in [-0.1, -0.05) is 96.7 Å². The Morgan fingerprint density at radius 2 is 1.47 bits per heavy atom. The maximum atomic E-state index is 14.6. The summed E-state index contributed by atoms with van der Waals surface area (Å²) in [6, 6.07) is 23.5. The van der Waals surface area contributed by atoms with E-state index in [1.807, 2.05) is 18.2 Å². The fraction of sp³-hybridized carbons (Fsp3) is 0.278. The molecule has 4 aromatic carbocycles. The van der Waals surface area contributed by atoms with E-state index in [1.54, 1.807) is 36.4 Å². The number of alkyl halides is 3. The van der Waals surface area contributed by atoms with Crippen molar-refractivity contribution in [2.45, 2.75) is 61.8 Å². The van der Waals surface area contributed by atoms with Crippen LogP contribution in [0.3, 0.4) is 0 Å². The number of hydrogen-bond donors (Lipinski definition) is 1. The number of rotatable bonds is 12. The van der Waals surface area contributed by atoms with Crippen molar-refractivity contribution in [3.63, 3.8) is 0 Å². The summed E-state index contributed by atoms with van der Waals surface area (Å²) in [4.78, 5) is 29.7. The van der Waals surface area contributed by atoms with Crippen molar-refractivity contribution in [3.05, 3.63) is 130 Å². The smallest absolute Gasteiger partial charge is 0.352 e. The Balaban J connectivity index is 1.60. The van der Waals surface area contributed by atoms with Crippen LogP contribution in [0.25, 0.3) is 0 Å². The second-order valence-corrected chi connectivity index (χ2v) is 14.5. The summed E-state index contributed by atoms with van der Waals surface area (Å²) in [5.74, 6) is -1.24. The average molecular weight is 733 g/mol.